The molecule has 5 nitrogen and oxygen atoms in total. The van der Waals surface area contributed by atoms with Gasteiger partial charge in [-0.1, -0.05) is 12.1 Å². The monoisotopic (exact) mass is 333 g/mol. The smallest absolute Gasteiger partial charge is 0.257 e. The molecule has 0 unspecified atom stereocenters. The van der Waals surface area contributed by atoms with E-state index in [4.69, 9.17) is 0 Å². The molecule has 120 valence electrons. The Bertz CT molecular complexity index is 742. The van der Waals surface area contributed by atoms with Gasteiger partial charge in [0.1, 0.15) is 12.4 Å². The Balaban J connectivity index is 1.71. The largest absolute Gasteiger partial charge is 0.326 e. The molecule has 3 rings (SSSR count). The lowest BCUT2D eigenvalue weighted by Gasteiger charge is -2.21. The number of nitrogens with one attached hydrogen (secondary N) is 1. The summed E-state index contributed by atoms with van der Waals surface area (Å²) in [6.07, 6.45) is 3.34. The number of aromatic nitrogens is 1. The Labute approximate surface area is 137 Å². The van der Waals surface area contributed by atoms with Crippen molar-refractivity contribution in [1.29, 1.82) is 0 Å². The van der Waals surface area contributed by atoms with E-state index in [1.165, 1.54) is 34.4 Å². The van der Waals surface area contributed by atoms with Gasteiger partial charge in [0, 0.05) is 17.1 Å². The average molecular weight is 333 g/mol. The maximum absolute atomic E-state index is 13.8. The van der Waals surface area contributed by atoms with Gasteiger partial charge in [0.25, 0.3) is 5.91 Å². The minimum atomic E-state index is -0.570. The molecule has 1 aromatic heterocycles. The van der Waals surface area contributed by atoms with Crippen molar-refractivity contribution in [3.05, 3.63) is 46.7 Å². The lowest BCUT2D eigenvalue weighted by atomic mass is 10.2. The van der Waals surface area contributed by atoms with Crippen molar-refractivity contribution in [1.82, 2.24) is 9.88 Å². The van der Waals surface area contributed by atoms with Gasteiger partial charge in [0.15, 0.2) is 5.13 Å². The average Bonchev–Trinajstić information content (AvgIpc) is 3.28. The van der Waals surface area contributed by atoms with Crippen LogP contribution in [0.25, 0.3) is 0 Å². The Hall–Kier alpha value is -2.28. The molecule has 2 amide bonds. The molecule has 1 aromatic carbocycles. The van der Waals surface area contributed by atoms with Crippen LogP contribution in [-0.4, -0.2) is 34.3 Å². The first-order chi connectivity index (χ1) is 11.0. The molecule has 0 bridgehead atoms. The molecule has 1 heterocycles. The second-order valence-corrected chi connectivity index (χ2v) is 6.70. The first-order valence-electron chi connectivity index (χ1n) is 7.32. The van der Waals surface area contributed by atoms with Gasteiger partial charge < -0.3 is 10.2 Å². The Morgan fingerprint density at radius 2 is 2.13 bits per heavy atom. The van der Waals surface area contributed by atoms with E-state index in [9.17, 15) is 14.0 Å². The summed E-state index contributed by atoms with van der Waals surface area (Å²) < 4.78 is 13.8. The summed E-state index contributed by atoms with van der Waals surface area (Å²) >= 11 is 1.37. The number of hydrogen-bond acceptors (Lipinski definition) is 4. The first-order valence-corrected chi connectivity index (χ1v) is 8.14. The van der Waals surface area contributed by atoms with Gasteiger partial charge in [-0.15, -0.1) is 11.3 Å². The molecule has 1 fully saturated rings. The molecule has 1 saturated carbocycles. The van der Waals surface area contributed by atoms with Crippen LogP contribution in [0.2, 0.25) is 0 Å². The number of halogens is 1. The highest BCUT2D eigenvalue weighted by atomic mass is 32.1. The summed E-state index contributed by atoms with van der Waals surface area (Å²) in [5, 5.41) is 3.18. The van der Waals surface area contributed by atoms with Crippen LogP contribution >= 0.6 is 11.3 Å². The second kappa shape index (κ2) is 6.45. The number of anilines is 1. The van der Waals surface area contributed by atoms with E-state index in [-0.39, 0.29) is 24.1 Å². The number of rotatable bonds is 5. The molecule has 23 heavy (non-hydrogen) atoms. The van der Waals surface area contributed by atoms with Crippen LogP contribution in [0.3, 0.4) is 0 Å². The number of carbonyl (C=O) groups is 2. The second-order valence-electron chi connectivity index (χ2n) is 5.47. The van der Waals surface area contributed by atoms with Crippen molar-refractivity contribution in [3.8, 4) is 0 Å². The predicted molar refractivity (Wildman–Crippen MR) is 85.9 cm³/mol. The standard InChI is InChI=1S/C16H16FN3O2S/c1-10-8-18-16(23-10)19-14(21)9-20(11-6-7-11)15(22)12-4-2-3-5-13(12)17/h2-5,8,11H,6-7,9H2,1H3,(H,18,19,21). The zero-order valence-electron chi connectivity index (χ0n) is 12.6. The molecule has 1 aliphatic rings. The number of thiazole rings is 1. The number of aryl methyl sites for hydroxylation is 1. The van der Waals surface area contributed by atoms with Gasteiger partial charge in [0.05, 0.1) is 5.56 Å². The molecule has 0 saturated heterocycles. The lowest BCUT2D eigenvalue weighted by Crippen LogP contribution is -2.40. The van der Waals surface area contributed by atoms with E-state index >= 15 is 0 Å². The van der Waals surface area contributed by atoms with Crippen molar-refractivity contribution in [3.63, 3.8) is 0 Å². The fraction of sp³-hybridized carbons (Fsp3) is 0.312. The van der Waals surface area contributed by atoms with Crippen LogP contribution in [0.5, 0.6) is 0 Å². The fourth-order valence-electron chi connectivity index (χ4n) is 2.27. The summed E-state index contributed by atoms with van der Waals surface area (Å²) in [5.41, 5.74) is -0.00251. The first kappa shape index (κ1) is 15.6. The molecule has 0 radical (unpaired) electrons. The Kier molecular flexibility index (Phi) is 4.38. The molecule has 1 N–H and O–H groups in total. The van der Waals surface area contributed by atoms with Crippen LogP contribution in [0.15, 0.2) is 30.5 Å². The van der Waals surface area contributed by atoms with Gasteiger partial charge in [-0.3, -0.25) is 9.59 Å². The molecular weight excluding hydrogens is 317 g/mol. The van der Waals surface area contributed by atoms with Crippen LogP contribution in [0.4, 0.5) is 9.52 Å². The normalized spacial score (nSPS) is 13.7. The van der Waals surface area contributed by atoms with Gasteiger partial charge in [-0.25, -0.2) is 9.37 Å². The third-order valence-electron chi connectivity index (χ3n) is 3.53. The molecule has 0 spiro atoms. The molecule has 0 atom stereocenters. The summed E-state index contributed by atoms with van der Waals surface area (Å²) in [6.45, 7) is 1.79. The maximum atomic E-state index is 13.8. The number of amides is 2. The highest BCUT2D eigenvalue weighted by molar-refractivity contribution is 7.15. The summed E-state index contributed by atoms with van der Waals surface area (Å²) in [6, 6.07) is 5.84. The SMILES string of the molecule is Cc1cnc(NC(=O)CN(C(=O)c2ccccc2F)C2CC2)s1. The van der Waals surface area contributed by atoms with Crippen LogP contribution in [-0.2, 0) is 4.79 Å². The molecule has 0 aliphatic heterocycles. The summed E-state index contributed by atoms with van der Waals surface area (Å²) in [4.78, 5) is 31.2. The quantitative estimate of drug-likeness (QED) is 0.915. The summed E-state index contributed by atoms with van der Waals surface area (Å²) in [5.74, 6) is -1.34. The van der Waals surface area contributed by atoms with E-state index in [1.807, 2.05) is 6.92 Å². The van der Waals surface area contributed by atoms with E-state index in [0.29, 0.717) is 5.13 Å². The maximum Gasteiger partial charge on any atom is 0.257 e. The zero-order chi connectivity index (χ0) is 16.4. The van der Waals surface area contributed by atoms with Crippen molar-refractivity contribution >= 4 is 28.3 Å². The highest BCUT2D eigenvalue weighted by Crippen LogP contribution is 2.28. The van der Waals surface area contributed by atoms with Gasteiger partial charge in [0.2, 0.25) is 5.91 Å². The van der Waals surface area contributed by atoms with Crippen LogP contribution in [0, 0.1) is 12.7 Å². The van der Waals surface area contributed by atoms with E-state index in [0.717, 1.165) is 17.7 Å². The molecule has 7 heteroatoms. The third kappa shape index (κ3) is 3.73. The number of hydrogen-bond donors (Lipinski definition) is 1. The molecular formula is C16H16FN3O2S. The minimum absolute atomic E-state index is 0.00251. The van der Waals surface area contributed by atoms with E-state index in [2.05, 4.69) is 10.3 Å². The molecule has 2 aromatic rings. The Morgan fingerprint density at radius 1 is 1.39 bits per heavy atom. The number of benzene rings is 1. The Morgan fingerprint density at radius 3 is 2.74 bits per heavy atom. The molecule has 1 aliphatic carbocycles. The van der Waals surface area contributed by atoms with Crippen molar-refractivity contribution in [2.75, 3.05) is 11.9 Å². The van der Waals surface area contributed by atoms with Crippen LogP contribution < -0.4 is 5.32 Å². The number of nitrogens with zero attached hydrogens (tertiary/aromatic N) is 2. The van der Waals surface area contributed by atoms with Crippen molar-refractivity contribution in [2.24, 2.45) is 0 Å². The van der Waals surface area contributed by atoms with Gasteiger partial charge >= 0.3 is 0 Å². The van der Waals surface area contributed by atoms with Gasteiger partial charge in [-0.05, 0) is 31.9 Å². The summed E-state index contributed by atoms with van der Waals surface area (Å²) in [7, 11) is 0. The third-order valence-corrected chi connectivity index (χ3v) is 4.36. The van der Waals surface area contributed by atoms with Crippen LogP contribution in [0.1, 0.15) is 28.1 Å². The van der Waals surface area contributed by atoms with E-state index < -0.39 is 11.7 Å². The minimum Gasteiger partial charge on any atom is -0.326 e. The number of carbonyl (C=O) groups excluding carboxylic acids is 2. The van der Waals surface area contributed by atoms with Gasteiger partial charge in [-0.2, -0.15) is 0 Å². The lowest BCUT2D eigenvalue weighted by molar-refractivity contribution is -0.117. The van der Waals surface area contributed by atoms with Crippen molar-refractivity contribution < 1.29 is 14.0 Å². The fourth-order valence-corrected chi connectivity index (χ4v) is 2.95. The van der Waals surface area contributed by atoms with E-state index in [1.54, 1.807) is 12.3 Å². The zero-order valence-corrected chi connectivity index (χ0v) is 13.4. The highest BCUT2D eigenvalue weighted by Gasteiger charge is 2.35. The van der Waals surface area contributed by atoms with Crippen molar-refractivity contribution in [2.45, 2.75) is 25.8 Å². The predicted octanol–water partition coefficient (Wildman–Crippen LogP) is 2.83. The topological polar surface area (TPSA) is 62.3 Å².